The lowest BCUT2D eigenvalue weighted by Gasteiger charge is -2.17. The summed E-state index contributed by atoms with van der Waals surface area (Å²) in [6.45, 7) is 4.26. The molecule has 2 amide bonds. The average molecular weight is 267 g/mol. The van der Waals surface area contributed by atoms with E-state index in [2.05, 4.69) is 6.92 Å². The van der Waals surface area contributed by atoms with Gasteiger partial charge in [-0.05, 0) is 19.8 Å². The summed E-state index contributed by atoms with van der Waals surface area (Å²) in [5.74, 6) is -1.12. The molecule has 1 saturated heterocycles. The summed E-state index contributed by atoms with van der Waals surface area (Å²) in [5, 5.41) is 0. The van der Waals surface area contributed by atoms with Gasteiger partial charge in [-0.1, -0.05) is 32.6 Å². The largest absolute Gasteiger partial charge is 0.299 e. The molecule has 0 aliphatic carbocycles. The molecule has 1 heterocycles. The normalized spacial score (nSPS) is 16.7. The molecular weight excluding hydrogens is 242 g/mol. The highest BCUT2D eigenvalue weighted by Crippen LogP contribution is 2.16. The third kappa shape index (κ3) is 4.77. The monoisotopic (exact) mass is 267 g/mol. The van der Waals surface area contributed by atoms with Crippen molar-refractivity contribution >= 4 is 17.6 Å². The molecule has 0 saturated carbocycles. The molecule has 0 N–H and O–H groups in total. The predicted molar refractivity (Wildman–Crippen MR) is 73.5 cm³/mol. The molecule has 0 radical (unpaired) electrons. The Labute approximate surface area is 115 Å². The van der Waals surface area contributed by atoms with E-state index in [-0.39, 0.29) is 17.6 Å². The molecule has 0 aromatic heterocycles. The van der Waals surface area contributed by atoms with Crippen molar-refractivity contribution < 1.29 is 14.4 Å². The van der Waals surface area contributed by atoms with Gasteiger partial charge in [0.05, 0.1) is 5.92 Å². The van der Waals surface area contributed by atoms with E-state index in [9.17, 15) is 14.4 Å². The van der Waals surface area contributed by atoms with Crippen molar-refractivity contribution in [2.75, 3.05) is 6.54 Å². The van der Waals surface area contributed by atoms with Gasteiger partial charge in [-0.2, -0.15) is 0 Å². The number of Topliss-reactive ketones (excluding diaryl/α,β-unsaturated/α-hetero) is 1. The molecule has 0 aromatic carbocycles. The third-order valence-electron chi connectivity index (χ3n) is 3.72. The Morgan fingerprint density at radius 1 is 1.21 bits per heavy atom. The van der Waals surface area contributed by atoms with Gasteiger partial charge in [0.25, 0.3) is 0 Å². The van der Waals surface area contributed by atoms with Crippen molar-refractivity contribution in [2.45, 2.75) is 65.2 Å². The van der Waals surface area contributed by atoms with Gasteiger partial charge in [-0.25, -0.2) is 0 Å². The molecular formula is C15H25NO3. The minimum Gasteiger partial charge on any atom is -0.299 e. The number of hydrogen-bond acceptors (Lipinski definition) is 3. The zero-order valence-electron chi connectivity index (χ0n) is 12.1. The van der Waals surface area contributed by atoms with Crippen LogP contribution in [0, 0.1) is 5.92 Å². The molecule has 4 nitrogen and oxygen atoms in total. The Morgan fingerprint density at radius 3 is 2.47 bits per heavy atom. The van der Waals surface area contributed by atoms with Crippen molar-refractivity contribution in [3.63, 3.8) is 0 Å². The fourth-order valence-corrected chi connectivity index (χ4v) is 2.37. The maximum Gasteiger partial charge on any atom is 0.239 e. The van der Waals surface area contributed by atoms with Crippen LogP contribution in [-0.4, -0.2) is 29.0 Å². The van der Waals surface area contributed by atoms with Crippen molar-refractivity contribution in [1.82, 2.24) is 4.90 Å². The van der Waals surface area contributed by atoms with E-state index in [1.165, 1.54) is 17.7 Å². The van der Waals surface area contributed by atoms with Crippen LogP contribution in [0.25, 0.3) is 0 Å². The Morgan fingerprint density at radius 2 is 1.89 bits per heavy atom. The summed E-state index contributed by atoms with van der Waals surface area (Å²) < 4.78 is 0. The first kappa shape index (κ1) is 15.9. The summed E-state index contributed by atoms with van der Waals surface area (Å²) >= 11 is 0. The second-order valence-corrected chi connectivity index (χ2v) is 5.34. The molecule has 1 rings (SSSR count). The Kier molecular flexibility index (Phi) is 6.74. The minimum atomic E-state index is -0.659. The molecule has 0 spiro atoms. The topological polar surface area (TPSA) is 54.5 Å². The van der Waals surface area contributed by atoms with Crippen LogP contribution in [0.2, 0.25) is 0 Å². The van der Waals surface area contributed by atoms with Gasteiger partial charge in [0.2, 0.25) is 11.8 Å². The first-order chi connectivity index (χ1) is 9.07. The predicted octanol–water partition coefficient (Wildman–Crippen LogP) is 2.70. The summed E-state index contributed by atoms with van der Waals surface area (Å²) in [5.41, 5.74) is 0. The third-order valence-corrected chi connectivity index (χ3v) is 3.72. The number of carbonyl (C=O) groups is 3. The molecule has 1 fully saturated rings. The van der Waals surface area contributed by atoms with Crippen LogP contribution in [0.5, 0.6) is 0 Å². The van der Waals surface area contributed by atoms with Crippen LogP contribution in [0.4, 0.5) is 0 Å². The molecule has 1 aliphatic rings. The number of hydrogen-bond donors (Lipinski definition) is 0. The molecule has 4 heteroatoms. The minimum absolute atomic E-state index is 0.0267. The lowest BCUT2D eigenvalue weighted by atomic mass is 9.99. The number of rotatable bonds is 8. The van der Waals surface area contributed by atoms with Crippen LogP contribution in [0.15, 0.2) is 0 Å². The molecule has 108 valence electrons. The fraction of sp³-hybridized carbons (Fsp3) is 0.800. The Balaban J connectivity index is 2.31. The van der Waals surface area contributed by atoms with E-state index in [0.717, 1.165) is 25.7 Å². The van der Waals surface area contributed by atoms with Gasteiger partial charge < -0.3 is 0 Å². The van der Waals surface area contributed by atoms with E-state index >= 15 is 0 Å². The van der Waals surface area contributed by atoms with Gasteiger partial charge in [0, 0.05) is 19.4 Å². The standard InChI is InChI=1S/C15H25NO3/c1-3-4-5-6-7-9-13(17)12(2)15(19)16-11-8-10-14(16)18/h12H,3-11H2,1-2H3. The lowest BCUT2D eigenvalue weighted by molar-refractivity contribution is -0.146. The fourth-order valence-electron chi connectivity index (χ4n) is 2.37. The van der Waals surface area contributed by atoms with Crippen molar-refractivity contribution in [3.05, 3.63) is 0 Å². The van der Waals surface area contributed by atoms with Crippen molar-refractivity contribution in [3.8, 4) is 0 Å². The number of unbranched alkanes of at least 4 members (excludes halogenated alkanes) is 4. The molecule has 0 bridgehead atoms. The maximum absolute atomic E-state index is 12.0. The molecule has 1 unspecified atom stereocenters. The molecule has 0 aromatic rings. The average Bonchev–Trinajstić information content (AvgIpc) is 2.82. The smallest absolute Gasteiger partial charge is 0.239 e. The molecule has 1 aliphatic heterocycles. The van der Waals surface area contributed by atoms with Crippen LogP contribution < -0.4 is 0 Å². The lowest BCUT2D eigenvalue weighted by Crippen LogP contribution is -2.38. The number of amides is 2. The van der Waals surface area contributed by atoms with Crippen LogP contribution in [-0.2, 0) is 14.4 Å². The number of likely N-dealkylation sites (tertiary alicyclic amines) is 1. The molecule has 19 heavy (non-hydrogen) atoms. The summed E-state index contributed by atoms with van der Waals surface area (Å²) in [6.07, 6.45) is 7.04. The van der Waals surface area contributed by atoms with Gasteiger partial charge in [0.15, 0.2) is 0 Å². The van der Waals surface area contributed by atoms with E-state index in [4.69, 9.17) is 0 Å². The highest BCUT2D eigenvalue weighted by Gasteiger charge is 2.32. The number of ketones is 1. The van der Waals surface area contributed by atoms with Crippen LogP contribution >= 0.6 is 0 Å². The van der Waals surface area contributed by atoms with Gasteiger partial charge in [-0.3, -0.25) is 19.3 Å². The van der Waals surface area contributed by atoms with Crippen LogP contribution in [0.1, 0.15) is 65.2 Å². The highest BCUT2D eigenvalue weighted by molar-refractivity contribution is 6.07. The number of carbonyl (C=O) groups excluding carboxylic acids is 3. The van der Waals surface area contributed by atoms with Gasteiger partial charge in [0.1, 0.15) is 5.78 Å². The van der Waals surface area contributed by atoms with E-state index in [0.29, 0.717) is 19.4 Å². The second-order valence-electron chi connectivity index (χ2n) is 5.34. The first-order valence-corrected chi connectivity index (χ1v) is 7.44. The summed E-state index contributed by atoms with van der Waals surface area (Å²) in [7, 11) is 0. The SMILES string of the molecule is CCCCCCCC(=O)C(C)C(=O)N1CCCC1=O. The van der Waals surface area contributed by atoms with E-state index in [1.54, 1.807) is 6.92 Å². The summed E-state index contributed by atoms with van der Waals surface area (Å²) in [6, 6.07) is 0. The van der Waals surface area contributed by atoms with Gasteiger partial charge in [-0.15, -0.1) is 0 Å². The van der Waals surface area contributed by atoms with Crippen molar-refractivity contribution in [2.24, 2.45) is 5.92 Å². The zero-order valence-corrected chi connectivity index (χ0v) is 12.1. The van der Waals surface area contributed by atoms with E-state index in [1.807, 2.05) is 0 Å². The quantitative estimate of drug-likeness (QED) is 0.502. The van der Waals surface area contributed by atoms with Crippen molar-refractivity contribution in [1.29, 1.82) is 0 Å². The second kappa shape index (κ2) is 8.08. The van der Waals surface area contributed by atoms with Crippen LogP contribution in [0.3, 0.4) is 0 Å². The Hall–Kier alpha value is -1.19. The number of imide groups is 1. The molecule has 1 atom stereocenters. The zero-order chi connectivity index (χ0) is 14.3. The highest BCUT2D eigenvalue weighted by atomic mass is 16.2. The van der Waals surface area contributed by atoms with E-state index < -0.39 is 5.92 Å². The van der Waals surface area contributed by atoms with Gasteiger partial charge >= 0.3 is 0 Å². The first-order valence-electron chi connectivity index (χ1n) is 7.44. The Bertz CT molecular complexity index is 338. The summed E-state index contributed by atoms with van der Waals surface area (Å²) in [4.78, 5) is 36.7. The maximum atomic E-state index is 12.0. The number of nitrogens with zero attached hydrogens (tertiary/aromatic N) is 1.